The van der Waals surface area contributed by atoms with Crippen molar-refractivity contribution in [3.8, 4) is 0 Å². The van der Waals surface area contributed by atoms with Crippen LogP contribution in [0.2, 0.25) is 0 Å². The molecule has 0 saturated carbocycles. The molecule has 0 amide bonds. The van der Waals surface area contributed by atoms with Gasteiger partial charge in [0.25, 0.3) is 0 Å². The topological polar surface area (TPSA) is 3.24 Å². The second kappa shape index (κ2) is 4.79. The van der Waals surface area contributed by atoms with Crippen LogP contribution in [0.5, 0.6) is 0 Å². The summed E-state index contributed by atoms with van der Waals surface area (Å²) in [6.45, 7) is 8.60. The van der Waals surface area contributed by atoms with Gasteiger partial charge in [0, 0.05) is 17.3 Å². The molecule has 0 aromatic carbocycles. The van der Waals surface area contributed by atoms with Crippen molar-refractivity contribution in [3.63, 3.8) is 0 Å². The SMILES string of the molecule is CC=CC1=C(C)N(C(C)=CC)C2C=CC=CC12. The summed E-state index contributed by atoms with van der Waals surface area (Å²) >= 11 is 0. The second-order valence-corrected chi connectivity index (χ2v) is 4.63. The summed E-state index contributed by atoms with van der Waals surface area (Å²) in [5.74, 6) is 0.506. The van der Waals surface area contributed by atoms with E-state index in [2.05, 4.69) is 75.1 Å². The maximum absolute atomic E-state index is 2.44. The molecule has 1 aliphatic heterocycles. The number of nitrogens with zero attached hydrogens (tertiary/aromatic N) is 1. The summed E-state index contributed by atoms with van der Waals surface area (Å²) < 4.78 is 0. The van der Waals surface area contributed by atoms with Crippen molar-refractivity contribution in [2.45, 2.75) is 33.7 Å². The van der Waals surface area contributed by atoms with E-state index < -0.39 is 0 Å². The van der Waals surface area contributed by atoms with Gasteiger partial charge < -0.3 is 4.90 Å². The highest BCUT2D eigenvalue weighted by Crippen LogP contribution is 2.40. The average Bonchev–Trinajstić information content (AvgIpc) is 2.63. The minimum absolute atomic E-state index is 0.461. The van der Waals surface area contributed by atoms with Crippen LogP contribution < -0.4 is 0 Å². The van der Waals surface area contributed by atoms with Crippen molar-refractivity contribution in [2.75, 3.05) is 0 Å². The molecule has 0 aromatic rings. The molecule has 1 aliphatic carbocycles. The number of fused-ring (bicyclic) bond motifs is 1. The molecule has 2 rings (SSSR count). The summed E-state index contributed by atoms with van der Waals surface area (Å²) in [4.78, 5) is 2.44. The third-order valence-electron chi connectivity index (χ3n) is 3.69. The Balaban J connectivity index is 2.47. The van der Waals surface area contributed by atoms with Gasteiger partial charge >= 0.3 is 0 Å². The van der Waals surface area contributed by atoms with Gasteiger partial charge in [-0.15, -0.1) is 0 Å². The first kappa shape index (κ1) is 12.0. The first-order chi connectivity index (χ1) is 8.20. The zero-order valence-electron chi connectivity index (χ0n) is 11.1. The van der Waals surface area contributed by atoms with Crippen LogP contribution in [0.1, 0.15) is 27.7 Å². The number of hydrogen-bond acceptors (Lipinski definition) is 1. The molecule has 1 heteroatoms. The highest BCUT2D eigenvalue weighted by atomic mass is 15.2. The fraction of sp³-hybridized carbons (Fsp3) is 0.375. The van der Waals surface area contributed by atoms with Crippen molar-refractivity contribution in [2.24, 2.45) is 5.92 Å². The highest BCUT2D eigenvalue weighted by molar-refractivity contribution is 5.43. The Morgan fingerprint density at radius 1 is 1.24 bits per heavy atom. The van der Waals surface area contributed by atoms with Crippen molar-refractivity contribution >= 4 is 0 Å². The van der Waals surface area contributed by atoms with E-state index in [4.69, 9.17) is 0 Å². The molecule has 2 unspecified atom stereocenters. The maximum Gasteiger partial charge on any atom is 0.0622 e. The van der Waals surface area contributed by atoms with E-state index >= 15 is 0 Å². The Morgan fingerprint density at radius 2 is 1.94 bits per heavy atom. The van der Waals surface area contributed by atoms with Crippen molar-refractivity contribution < 1.29 is 0 Å². The van der Waals surface area contributed by atoms with Crippen molar-refractivity contribution in [3.05, 3.63) is 59.5 Å². The lowest BCUT2D eigenvalue weighted by atomic mass is 9.90. The van der Waals surface area contributed by atoms with Crippen LogP contribution in [0.3, 0.4) is 0 Å². The molecule has 0 radical (unpaired) electrons. The van der Waals surface area contributed by atoms with E-state index in [1.54, 1.807) is 0 Å². The van der Waals surface area contributed by atoms with E-state index in [1.807, 2.05) is 0 Å². The summed E-state index contributed by atoms with van der Waals surface area (Å²) in [6.07, 6.45) is 15.5. The highest BCUT2D eigenvalue weighted by Gasteiger charge is 2.35. The second-order valence-electron chi connectivity index (χ2n) is 4.63. The van der Waals surface area contributed by atoms with Gasteiger partial charge in [0.1, 0.15) is 0 Å². The Bertz CT molecular complexity index is 446. The van der Waals surface area contributed by atoms with Gasteiger partial charge in [0.15, 0.2) is 0 Å². The van der Waals surface area contributed by atoms with Gasteiger partial charge in [0.05, 0.1) is 6.04 Å². The molecule has 0 bridgehead atoms. The van der Waals surface area contributed by atoms with E-state index in [-0.39, 0.29) is 0 Å². The van der Waals surface area contributed by atoms with Gasteiger partial charge in [0.2, 0.25) is 0 Å². The summed E-state index contributed by atoms with van der Waals surface area (Å²) in [7, 11) is 0. The van der Waals surface area contributed by atoms with Crippen LogP contribution >= 0.6 is 0 Å². The average molecular weight is 227 g/mol. The summed E-state index contributed by atoms with van der Waals surface area (Å²) in [5.41, 5.74) is 4.15. The van der Waals surface area contributed by atoms with Crippen LogP contribution in [0.15, 0.2) is 59.5 Å². The summed E-state index contributed by atoms with van der Waals surface area (Å²) in [5, 5.41) is 0. The standard InChI is InChI=1S/C16H21N/c1-5-9-14-13(4)17(12(3)6-2)16-11-8-7-10-15(14)16/h5-11,15-16H,1-4H3. The van der Waals surface area contributed by atoms with E-state index in [1.165, 1.54) is 17.0 Å². The third kappa shape index (κ3) is 1.90. The first-order valence-corrected chi connectivity index (χ1v) is 6.31. The lowest BCUT2D eigenvalue weighted by Gasteiger charge is -2.30. The largest absolute Gasteiger partial charge is 0.342 e. The van der Waals surface area contributed by atoms with Crippen LogP contribution in [0.4, 0.5) is 0 Å². The maximum atomic E-state index is 2.44. The van der Waals surface area contributed by atoms with Gasteiger partial charge in [-0.25, -0.2) is 0 Å². The van der Waals surface area contributed by atoms with Gasteiger partial charge in [-0.3, -0.25) is 0 Å². The molecule has 0 saturated heterocycles. The Labute approximate surface area is 105 Å². The normalized spacial score (nSPS) is 28.5. The molecule has 2 aliphatic rings. The molecule has 0 fully saturated rings. The predicted octanol–water partition coefficient (Wildman–Crippen LogP) is 4.19. The smallest absolute Gasteiger partial charge is 0.0622 e. The molecule has 0 spiro atoms. The first-order valence-electron chi connectivity index (χ1n) is 6.31. The molecule has 90 valence electrons. The predicted molar refractivity (Wildman–Crippen MR) is 74.3 cm³/mol. The summed E-state index contributed by atoms with van der Waals surface area (Å²) in [6, 6.07) is 0.461. The molecular formula is C16H21N. The van der Waals surface area contributed by atoms with Crippen molar-refractivity contribution in [1.29, 1.82) is 0 Å². The molecule has 17 heavy (non-hydrogen) atoms. The Hall–Kier alpha value is -1.50. The fourth-order valence-corrected chi connectivity index (χ4v) is 2.78. The van der Waals surface area contributed by atoms with Crippen LogP contribution in [-0.4, -0.2) is 10.9 Å². The Kier molecular flexibility index (Phi) is 3.37. The molecule has 1 nitrogen and oxygen atoms in total. The van der Waals surface area contributed by atoms with E-state index in [0.717, 1.165) is 0 Å². The molecular weight excluding hydrogens is 206 g/mol. The van der Waals surface area contributed by atoms with Crippen LogP contribution in [0, 0.1) is 5.92 Å². The van der Waals surface area contributed by atoms with Gasteiger partial charge in [-0.05, 0) is 33.3 Å². The quantitative estimate of drug-likeness (QED) is 0.684. The van der Waals surface area contributed by atoms with Gasteiger partial charge in [-0.2, -0.15) is 0 Å². The minimum atomic E-state index is 0.461. The fourth-order valence-electron chi connectivity index (χ4n) is 2.78. The third-order valence-corrected chi connectivity index (χ3v) is 3.69. The number of rotatable bonds is 2. The lowest BCUT2D eigenvalue weighted by Crippen LogP contribution is -2.30. The van der Waals surface area contributed by atoms with Crippen molar-refractivity contribution in [1.82, 2.24) is 4.90 Å². The number of allylic oxidation sites excluding steroid dienone is 7. The van der Waals surface area contributed by atoms with Gasteiger partial charge in [-0.1, -0.05) is 42.5 Å². The van der Waals surface area contributed by atoms with Crippen LogP contribution in [0.25, 0.3) is 0 Å². The molecule has 0 aromatic heterocycles. The zero-order chi connectivity index (χ0) is 12.4. The number of hydrogen-bond donors (Lipinski definition) is 0. The lowest BCUT2D eigenvalue weighted by molar-refractivity contribution is 0.365. The molecule has 0 N–H and O–H groups in total. The monoisotopic (exact) mass is 227 g/mol. The van der Waals surface area contributed by atoms with E-state index in [9.17, 15) is 0 Å². The minimum Gasteiger partial charge on any atom is -0.342 e. The molecule has 1 heterocycles. The zero-order valence-corrected chi connectivity index (χ0v) is 11.1. The Morgan fingerprint density at radius 3 is 2.59 bits per heavy atom. The van der Waals surface area contributed by atoms with Crippen LogP contribution in [-0.2, 0) is 0 Å². The molecule has 2 atom stereocenters. The van der Waals surface area contributed by atoms with E-state index in [0.29, 0.717) is 12.0 Å².